The van der Waals surface area contributed by atoms with E-state index in [1.807, 2.05) is 0 Å². The molecule has 0 saturated carbocycles. The molecule has 1 rings (SSSR count). The van der Waals surface area contributed by atoms with Gasteiger partial charge in [-0.1, -0.05) is 0 Å². The Morgan fingerprint density at radius 3 is 2.53 bits per heavy atom. The zero-order chi connectivity index (χ0) is 13.0. The predicted octanol–water partition coefficient (Wildman–Crippen LogP) is -1.39. The lowest BCUT2D eigenvalue weighted by Crippen LogP contribution is -2.58. The van der Waals surface area contributed by atoms with Gasteiger partial charge < -0.3 is 29.5 Å². The molecule has 100 valence electrons. The van der Waals surface area contributed by atoms with E-state index in [1.165, 1.54) is 7.11 Å². The largest absolute Gasteiger partial charge is 0.480 e. The van der Waals surface area contributed by atoms with Gasteiger partial charge in [-0.2, -0.15) is 0 Å². The topological polar surface area (TPSA) is 105 Å². The standard InChI is InChI=1S/C10H18O7/c1-5-8(13)9(14)10(15-2)6(17-5)3-16-4-7(11)12/h5-6,8-10,13-14H,3-4H2,1-2H3,(H,11,12)/t5-,6?,8?,9+,10+/m1/s1. The normalized spacial score (nSPS) is 38.0. The van der Waals surface area contributed by atoms with Gasteiger partial charge in [0.05, 0.1) is 12.7 Å². The van der Waals surface area contributed by atoms with Crippen molar-refractivity contribution < 1.29 is 34.3 Å². The number of hydrogen-bond donors (Lipinski definition) is 3. The molecule has 1 aliphatic heterocycles. The molecule has 0 aliphatic carbocycles. The highest BCUT2D eigenvalue weighted by molar-refractivity contribution is 5.67. The first-order valence-corrected chi connectivity index (χ1v) is 5.31. The van der Waals surface area contributed by atoms with Gasteiger partial charge in [-0.05, 0) is 6.92 Å². The number of carboxylic acid groups (broad SMARTS) is 1. The van der Waals surface area contributed by atoms with Crippen LogP contribution in [-0.4, -0.2) is 72.1 Å². The van der Waals surface area contributed by atoms with Gasteiger partial charge in [-0.3, -0.25) is 0 Å². The molecule has 1 heterocycles. The fourth-order valence-corrected chi connectivity index (χ4v) is 1.81. The van der Waals surface area contributed by atoms with Crippen molar-refractivity contribution >= 4 is 5.97 Å². The van der Waals surface area contributed by atoms with E-state index in [0.29, 0.717) is 0 Å². The monoisotopic (exact) mass is 250 g/mol. The van der Waals surface area contributed by atoms with Crippen molar-refractivity contribution in [2.75, 3.05) is 20.3 Å². The Balaban J connectivity index is 2.53. The number of carbonyl (C=O) groups is 1. The number of carboxylic acids is 1. The minimum absolute atomic E-state index is 0.0150. The predicted molar refractivity (Wildman–Crippen MR) is 55.6 cm³/mol. The average Bonchev–Trinajstić information content (AvgIpc) is 2.26. The Morgan fingerprint density at radius 1 is 1.35 bits per heavy atom. The Morgan fingerprint density at radius 2 is 2.00 bits per heavy atom. The number of aliphatic hydroxyl groups excluding tert-OH is 2. The molecule has 3 N–H and O–H groups in total. The molecule has 1 fully saturated rings. The Labute approximate surface area is 98.9 Å². The van der Waals surface area contributed by atoms with Crippen LogP contribution in [0.5, 0.6) is 0 Å². The third-order valence-electron chi connectivity index (χ3n) is 2.70. The summed E-state index contributed by atoms with van der Waals surface area (Å²) in [6, 6.07) is 0. The van der Waals surface area contributed by atoms with Crippen LogP contribution < -0.4 is 0 Å². The highest BCUT2D eigenvalue weighted by Gasteiger charge is 2.42. The summed E-state index contributed by atoms with van der Waals surface area (Å²) in [7, 11) is 1.38. The molecule has 0 aromatic rings. The lowest BCUT2D eigenvalue weighted by Gasteiger charge is -2.40. The third kappa shape index (κ3) is 3.62. The Bertz CT molecular complexity index is 257. The molecule has 1 aliphatic rings. The van der Waals surface area contributed by atoms with Gasteiger partial charge >= 0.3 is 5.97 Å². The van der Waals surface area contributed by atoms with Crippen molar-refractivity contribution in [3.05, 3.63) is 0 Å². The van der Waals surface area contributed by atoms with Gasteiger partial charge in [0, 0.05) is 7.11 Å². The van der Waals surface area contributed by atoms with Gasteiger partial charge in [-0.25, -0.2) is 4.79 Å². The minimum Gasteiger partial charge on any atom is -0.480 e. The molecule has 0 bridgehead atoms. The van der Waals surface area contributed by atoms with Crippen LogP contribution in [0.3, 0.4) is 0 Å². The van der Waals surface area contributed by atoms with Crippen molar-refractivity contribution in [3.8, 4) is 0 Å². The second-order valence-corrected chi connectivity index (χ2v) is 3.97. The molecular weight excluding hydrogens is 232 g/mol. The first kappa shape index (κ1) is 14.3. The average molecular weight is 250 g/mol. The quantitative estimate of drug-likeness (QED) is 0.551. The molecule has 0 aromatic heterocycles. The van der Waals surface area contributed by atoms with Gasteiger partial charge in [0.15, 0.2) is 0 Å². The van der Waals surface area contributed by atoms with Crippen LogP contribution in [0.4, 0.5) is 0 Å². The number of ether oxygens (including phenoxy) is 3. The highest BCUT2D eigenvalue weighted by Crippen LogP contribution is 2.23. The second-order valence-electron chi connectivity index (χ2n) is 3.97. The third-order valence-corrected chi connectivity index (χ3v) is 2.70. The summed E-state index contributed by atoms with van der Waals surface area (Å²) in [6.45, 7) is 1.16. The second kappa shape index (κ2) is 6.27. The van der Waals surface area contributed by atoms with Crippen LogP contribution in [0.2, 0.25) is 0 Å². The van der Waals surface area contributed by atoms with E-state index in [-0.39, 0.29) is 6.61 Å². The summed E-state index contributed by atoms with van der Waals surface area (Å²) < 4.78 is 15.3. The van der Waals surface area contributed by atoms with Crippen LogP contribution in [0.1, 0.15) is 6.92 Å². The van der Waals surface area contributed by atoms with E-state index in [0.717, 1.165) is 0 Å². The first-order valence-electron chi connectivity index (χ1n) is 5.31. The Hall–Kier alpha value is -0.730. The SMILES string of the molecule is CO[C@H]1C(COCC(=O)O)O[C@H](C)C(O)[C@@H]1O. The zero-order valence-corrected chi connectivity index (χ0v) is 9.78. The molecule has 2 unspecified atom stereocenters. The van der Waals surface area contributed by atoms with E-state index in [9.17, 15) is 15.0 Å². The maximum absolute atomic E-state index is 10.3. The first-order chi connectivity index (χ1) is 7.97. The van der Waals surface area contributed by atoms with Crippen LogP contribution >= 0.6 is 0 Å². The zero-order valence-electron chi connectivity index (χ0n) is 9.78. The molecule has 0 spiro atoms. The number of aliphatic hydroxyl groups is 2. The molecule has 0 aromatic carbocycles. The molecule has 17 heavy (non-hydrogen) atoms. The molecule has 0 amide bonds. The summed E-state index contributed by atoms with van der Waals surface area (Å²) in [5.74, 6) is -1.08. The van der Waals surface area contributed by atoms with Crippen LogP contribution in [0, 0.1) is 0 Å². The van der Waals surface area contributed by atoms with Crippen LogP contribution in [0.15, 0.2) is 0 Å². The fourth-order valence-electron chi connectivity index (χ4n) is 1.81. The molecular formula is C10H18O7. The Kier molecular flexibility index (Phi) is 5.29. The van der Waals surface area contributed by atoms with E-state index < -0.39 is 43.1 Å². The van der Waals surface area contributed by atoms with E-state index >= 15 is 0 Å². The van der Waals surface area contributed by atoms with Crippen molar-refractivity contribution in [2.24, 2.45) is 0 Å². The van der Waals surface area contributed by atoms with Crippen molar-refractivity contribution in [1.82, 2.24) is 0 Å². The number of rotatable bonds is 5. The summed E-state index contributed by atoms with van der Waals surface area (Å²) in [4.78, 5) is 10.3. The van der Waals surface area contributed by atoms with Gasteiger partial charge in [-0.15, -0.1) is 0 Å². The minimum atomic E-state index is -1.08. The van der Waals surface area contributed by atoms with Gasteiger partial charge in [0.25, 0.3) is 0 Å². The summed E-state index contributed by atoms with van der Waals surface area (Å²) >= 11 is 0. The summed E-state index contributed by atoms with van der Waals surface area (Å²) in [6.07, 6.45) is -4.02. The lowest BCUT2D eigenvalue weighted by molar-refractivity contribution is -0.234. The van der Waals surface area contributed by atoms with E-state index in [4.69, 9.17) is 19.3 Å². The summed E-state index contributed by atoms with van der Waals surface area (Å²) in [5.41, 5.74) is 0. The maximum Gasteiger partial charge on any atom is 0.329 e. The summed E-state index contributed by atoms with van der Waals surface area (Å²) in [5, 5.41) is 27.8. The van der Waals surface area contributed by atoms with Gasteiger partial charge in [0.2, 0.25) is 0 Å². The van der Waals surface area contributed by atoms with Crippen molar-refractivity contribution in [2.45, 2.75) is 37.4 Å². The molecule has 5 atom stereocenters. The highest BCUT2D eigenvalue weighted by atomic mass is 16.6. The number of methoxy groups -OCH3 is 1. The smallest absolute Gasteiger partial charge is 0.329 e. The van der Waals surface area contributed by atoms with E-state index in [2.05, 4.69) is 0 Å². The van der Waals surface area contributed by atoms with Crippen molar-refractivity contribution in [1.29, 1.82) is 0 Å². The number of aliphatic carboxylic acids is 1. The molecule has 0 radical (unpaired) electrons. The lowest BCUT2D eigenvalue weighted by atomic mass is 9.96. The molecule has 7 nitrogen and oxygen atoms in total. The van der Waals surface area contributed by atoms with E-state index in [1.54, 1.807) is 6.92 Å². The molecule has 7 heteroatoms. The van der Waals surface area contributed by atoms with Crippen LogP contribution in [-0.2, 0) is 19.0 Å². The molecule has 1 saturated heterocycles. The fraction of sp³-hybridized carbons (Fsp3) is 0.900. The van der Waals surface area contributed by atoms with Crippen LogP contribution in [0.25, 0.3) is 0 Å². The maximum atomic E-state index is 10.3. The number of hydrogen-bond acceptors (Lipinski definition) is 6. The van der Waals surface area contributed by atoms with Crippen molar-refractivity contribution in [3.63, 3.8) is 0 Å². The van der Waals surface area contributed by atoms with Gasteiger partial charge in [0.1, 0.15) is 31.0 Å².